The Morgan fingerprint density at radius 3 is 2.68 bits per heavy atom. The minimum Gasteiger partial charge on any atom is -0.487 e. The van der Waals surface area contributed by atoms with E-state index in [2.05, 4.69) is 28.5 Å². The van der Waals surface area contributed by atoms with Crippen LogP contribution in [0.1, 0.15) is 11.3 Å². The maximum Gasteiger partial charge on any atom is 0.132 e. The highest BCUT2D eigenvalue weighted by Crippen LogP contribution is 2.21. The van der Waals surface area contributed by atoms with Crippen LogP contribution >= 0.6 is 11.6 Å². The molecule has 0 spiro atoms. The number of hydrogen-bond acceptors (Lipinski definition) is 3. The van der Waals surface area contributed by atoms with Crippen molar-refractivity contribution in [1.29, 1.82) is 0 Å². The highest BCUT2D eigenvalue weighted by atomic mass is 35.5. The molecular formula is C20H16ClN3O. The van der Waals surface area contributed by atoms with Crippen LogP contribution in [0.25, 0.3) is 10.8 Å². The van der Waals surface area contributed by atoms with Gasteiger partial charge in [0.05, 0.1) is 18.4 Å². The Morgan fingerprint density at radius 1 is 0.920 bits per heavy atom. The summed E-state index contributed by atoms with van der Waals surface area (Å²) in [6.45, 7) is 1.02. The van der Waals surface area contributed by atoms with E-state index < -0.39 is 0 Å². The quantitative estimate of drug-likeness (QED) is 0.523. The van der Waals surface area contributed by atoms with Crippen molar-refractivity contribution in [2.24, 2.45) is 0 Å². The number of halogens is 1. The second-order valence-electron chi connectivity index (χ2n) is 5.81. The van der Waals surface area contributed by atoms with Crippen LogP contribution in [0.5, 0.6) is 5.75 Å². The van der Waals surface area contributed by atoms with Crippen LogP contribution in [0, 0.1) is 0 Å². The van der Waals surface area contributed by atoms with Gasteiger partial charge in [0.25, 0.3) is 0 Å². The highest BCUT2D eigenvalue weighted by molar-refractivity contribution is 6.30. The normalized spacial score (nSPS) is 10.9. The molecule has 0 aliphatic carbocycles. The van der Waals surface area contributed by atoms with Gasteiger partial charge in [0.2, 0.25) is 0 Å². The van der Waals surface area contributed by atoms with Crippen LogP contribution in [-0.4, -0.2) is 15.0 Å². The largest absolute Gasteiger partial charge is 0.487 e. The zero-order valence-electron chi connectivity index (χ0n) is 13.5. The smallest absolute Gasteiger partial charge is 0.132 e. The van der Waals surface area contributed by atoms with Crippen molar-refractivity contribution < 1.29 is 4.74 Å². The third-order valence-electron chi connectivity index (χ3n) is 4.03. The molecule has 124 valence electrons. The van der Waals surface area contributed by atoms with E-state index in [1.807, 2.05) is 53.2 Å². The Bertz CT molecular complexity index is 1010. The van der Waals surface area contributed by atoms with E-state index in [0.29, 0.717) is 18.2 Å². The summed E-state index contributed by atoms with van der Waals surface area (Å²) in [5, 5.41) is 11.2. The van der Waals surface area contributed by atoms with Crippen LogP contribution < -0.4 is 4.74 Å². The lowest BCUT2D eigenvalue weighted by atomic mass is 10.1. The van der Waals surface area contributed by atoms with Crippen molar-refractivity contribution in [1.82, 2.24) is 15.0 Å². The van der Waals surface area contributed by atoms with Gasteiger partial charge in [0.15, 0.2) is 0 Å². The van der Waals surface area contributed by atoms with Gasteiger partial charge in [0.1, 0.15) is 12.4 Å². The average Bonchev–Trinajstić information content (AvgIpc) is 3.07. The standard InChI is InChI=1S/C20H16ClN3O/c21-18-7-3-4-15(10-18)13-24-19(12-22-23-24)14-25-20-9-8-16-5-1-2-6-17(16)11-20/h1-12H,13-14H2. The SMILES string of the molecule is Clc1cccc(Cn2nncc2COc2ccc3ccccc3c2)c1. The van der Waals surface area contributed by atoms with E-state index in [9.17, 15) is 0 Å². The predicted molar refractivity (Wildman–Crippen MR) is 98.9 cm³/mol. The Labute approximate surface area is 150 Å². The van der Waals surface area contributed by atoms with Crippen LogP contribution in [0.3, 0.4) is 0 Å². The zero-order valence-corrected chi connectivity index (χ0v) is 14.2. The fourth-order valence-corrected chi connectivity index (χ4v) is 2.96. The number of hydrogen-bond donors (Lipinski definition) is 0. The second kappa shape index (κ2) is 6.95. The summed E-state index contributed by atoms with van der Waals surface area (Å²) in [6.07, 6.45) is 1.73. The fourth-order valence-electron chi connectivity index (χ4n) is 2.75. The first-order valence-corrected chi connectivity index (χ1v) is 8.39. The summed E-state index contributed by atoms with van der Waals surface area (Å²) in [5.41, 5.74) is 1.98. The van der Waals surface area contributed by atoms with Crippen molar-refractivity contribution in [3.05, 3.63) is 89.2 Å². The molecule has 4 nitrogen and oxygen atoms in total. The van der Waals surface area contributed by atoms with Gasteiger partial charge in [-0.1, -0.05) is 59.3 Å². The summed E-state index contributed by atoms with van der Waals surface area (Å²) in [5.74, 6) is 0.828. The summed E-state index contributed by atoms with van der Waals surface area (Å²) in [7, 11) is 0. The molecule has 25 heavy (non-hydrogen) atoms. The lowest BCUT2D eigenvalue weighted by molar-refractivity contribution is 0.293. The molecule has 0 unspecified atom stereocenters. The van der Waals surface area contributed by atoms with Gasteiger partial charge in [-0.15, -0.1) is 5.10 Å². The zero-order chi connectivity index (χ0) is 17.1. The molecule has 0 atom stereocenters. The van der Waals surface area contributed by atoms with Crippen molar-refractivity contribution in [2.45, 2.75) is 13.2 Å². The summed E-state index contributed by atoms with van der Waals surface area (Å²) < 4.78 is 7.76. The van der Waals surface area contributed by atoms with Crippen molar-refractivity contribution in [3.63, 3.8) is 0 Å². The third kappa shape index (κ3) is 3.64. The molecule has 0 radical (unpaired) electrons. The summed E-state index contributed by atoms with van der Waals surface area (Å²) >= 11 is 6.04. The van der Waals surface area contributed by atoms with Gasteiger partial charge in [-0.2, -0.15) is 0 Å². The molecule has 4 aromatic rings. The molecule has 0 aliphatic rings. The van der Waals surface area contributed by atoms with E-state index in [-0.39, 0.29) is 0 Å². The van der Waals surface area contributed by atoms with E-state index in [0.717, 1.165) is 22.4 Å². The molecule has 0 N–H and O–H groups in total. The molecule has 1 aromatic heterocycles. The van der Waals surface area contributed by atoms with Gasteiger partial charge in [-0.05, 0) is 40.6 Å². The average molecular weight is 350 g/mol. The minimum absolute atomic E-state index is 0.409. The Kier molecular flexibility index (Phi) is 4.36. The first-order chi connectivity index (χ1) is 12.3. The molecule has 4 rings (SSSR count). The van der Waals surface area contributed by atoms with E-state index in [1.54, 1.807) is 6.20 Å². The molecule has 0 bridgehead atoms. The molecule has 0 saturated carbocycles. The van der Waals surface area contributed by atoms with Gasteiger partial charge in [-0.25, -0.2) is 4.68 Å². The molecule has 0 fully saturated rings. The molecule has 0 aliphatic heterocycles. The maximum absolute atomic E-state index is 6.04. The maximum atomic E-state index is 6.04. The number of ether oxygens (including phenoxy) is 1. The number of benzene rings is 3. The number of nitrogens with zero attached hydrogens (tertiary/aromatic N) is 3. The number of fused-ring (bicyclic) bond motifs is 1. The van der Waals surface area contributed by atoms with Crippen LogP contribution in [0.2, 0.25) is 5.02 Å². The highest BCUT2D eigenvalue weighted by Gasteiger charge is 2.07. The minimum atomic E-state index is 0.409. The van der Waals surface area contributed by atoms with Crippen molar-refractivity contribution >= 4 is 22.4 Å². The molecule has 5 heteroatoms. The van der Waals surface area contributed by atoms with E-state index in [1.165, 1.54) is 5.39 Å². The lowest BCUT2D eigenvalue weighted by Crippen LogP contribution is -2.09. The van der Waals surface area contributed by atoms with Crippen LogP contribution in [-0.2, 0) is 13.2 Å². The van der Waals surface area contributed by atoms with Crippen molar-refractivity contribution in [2.75, 3.05) is 0 Å². The first kappa shape index (κ1) is 15.7. The van der Waals surface area contributed by atoms with Crippen LogP contribution in [0.15, 0.2) is 72.9 Å². The second-order valence-corrected chi connectivity index (χ2v) is 6.25. The molecular weight excluding hydrogens is 334 g/mol. The van der Waals surface area contributed by atoms with Crippen LogP contribution in [0.4, 0.5) is 0 Å². The van der Waals surface area contributed by atoms with Gasteiger partial charge in [0, 0.05) is 5.02 Å². The van der Waals surface area contributed by atoms with Crippen molar-refractivity contribution in [3.8, 4) is 5.75 Å². The molecule has 3 aromatic carbocycles. The predicted octanol–water partition coefficient (Wildman–Crippen LogP) is 4.71. The third-order valence-corrected chi connectivity index (χ3v) is 4.26. The topological polar surface area (TPSA) is 39.9 Å². The number of aromatic nitrogens is 3. The van der Waals surface area contributed by atoms with E-state index in [4.69, 9.17) is 16.3 Å². The summed E-state index contributed by atoms with van der Waals surface area (Å²) in [6, 6.07) is 22.0. The summed E-state index contributed by atoms with van der Waals surface area (Å²) in [4.78, 5) is 0. The van der Waals surface area contributed by atoms with Gasteiger partial charge < -0.3 is 4.74 Å². The Morgan fingerprint density at radius 2 is 1.80 bits per heavy atom. The first-order valence-electron chi connectivity index (χ1n) is 8.01. The monoisotopic (exact) mass is 349 g/mol. The van der Waals surface area contributed by atoms with Gasteiger partial charge in [-0.3, -0.25) is 0 Å². The molecule has 1 heterocycles. The fraction of sp³-hybridized carbons (Fsp3) is 0.100. The Balaban J connectivity index is 1.48. The number of rotatable bonds is 5. The molecule has 0 amide bonds. The Hall–Kier alpha value is -2.85. The lowest BCUT2D eigenvalue weighted by Gasteiger charge is -2.09. The molecule has 0 saturated heterocycles. The van der Waals surface area contributed by atoms with E-state index >= 15 is 0 Å². The van der Waals surface area contributed by atoms with Gasteiger partial charge >= 0.3 is 0 Å².